The summed E-state index contributed by atoms with van der Waals surface area (Å²) in [5, 5.41) is 2.69. The average molecular weight is 204 g/mol. The average Bonchev–Trinajstić information content (AvgIpc) is 2.27. The molecule has 0 spiro atoms. The number of rotatable bonds is 4. The second-order valence-electron chi connectivity index (χ2n) is 3.57. The third-order valence-electron chi connectivity index (χ3n) is 2.25. The molecule has 0 bridgehead atoms. The van der Waals surface area contributed by atoms with Crippen LogP contribution in [0.1, 0.15) is 12.5 Å². The highest BCUT2D eigenvalue weighted by Crippen LogP contribution is 2.16. The molecule has 0 aromatic heterocycles. The zero-order valence-electron chi connectivity index (χ0n) is 8.86. The minimum absolute atomic E-state index is 0.200. The van der Waals surface area contributed by atoms with Crippen molar-refractivity contribution in [2.45, 2.75) is 12.5 Å². The van der Waals surface area contributed by atoms with Crippen LogP contribution in [0.5, 0.6) is 0 Å². The van der Waals surface area contributed by atoms with Gasteiger partial charge in [0.1, 0.15) is 5.54 Å². The van der Waals surface area contributed by atoms with Gasteiger partial charge < -0.3 is 11.1 Å². The van der Waals surface area contributed by atoms with E-state index in [2.05, 4.69) is 11.9 Å². The van der Waals surface area contributed by atoms with Crippen molar-refractivity contribution >= 4 is 5.91 Å². The highest BCUT2D eigenvalue weighted by Gasteiger charge is 2.29. The summed E-state index contributed by atoms with van der Waals surface area (Å²) < 4.78 is 0. The van der Waals surface area contributed by atoms with Gasteiger partial charge in [0.05, 0.1) is 0 Å². The number of hydrogen-bond donors (Lipinski definition) is 2. The van der Waals surface area contributed by atoms with Crippen LogP contribution in [0.2, 0.25) is 0 Å². The molecule has 1 aromatic rings. The van der Waals surface area contributed by atoms with Gasteiger partial charge in [-0.25, -0.2) is 0 Å². The summed E-state index contributed by atoms with van der Waals surface area (Å²) in [7, 11) is 0. The molecule has 3 nitrogen and oxygen atoms in total. The molecule has 1 atom stereocenters. The Kier molecular flexibility index (Phi) is 3.63. The number of nitrogens with one attached hydrogen (secondary N) is 1. The predicted octanol–water partition coefficient (Wildman–Crippen LogP) is 1.16. The summed E-state index contributed by atoms with van der Waals surface area (Å²) in [6.45, 7) is 5.66. The highest BCUT2D eigenvalue weighted by atomic mass is 16.2. The largest absolute Gasteiger partial charge is 0.351 e. The quantitative estimate of drug-likeness (QED) is 0.723. The summed E-state index contributed by atoms with van der Waals surface area (Å²) in [5.41, 5.74) is 5.78. The van der Waals surface area contributed by atoms with E-state index in [0.29, 0.717) is 6.54 Å². The lowest BCUT2D eigenvalue weighted by molar-refractivity contribution is -0.125. The summed E-state index contributed by atoms with van der Waals surface area (Å²) in [5.74, 6) is -0.200. The number of benzene rings is 1. The van der Waals surface area contributed by atoms with Crippen molar-refractivity contribution in [3.63, 3.8) is 0 Å². The first kappa shape index (κ1) is 11.5. The monoisotopic (exact) mass is 204 g/mol. The Morgan fingerprint density at radius 2 is 2.13 bits per heavy atom. The maximum absolute atomic E-state index is 11.7. The number of carbonyl (C=O) groups is 1. The molecule has 0 heterocycles. The van der Waals surface area contributed by atoms with E-state index >= 15 is 0 Å². The van der Waals surface area contributed by atoms with Gasteiger partial charge in [-0.3, -0.25) is 4.79 Å². The fraction of sp³-hybridized carbons (Fsp3) is 0.250. The van der Waals surface area contributed by atoms with Gasteiger partial charge in [-0.1, -0.05) is 36.4 Å². The van der Waals surface area contributed by atoms with Crippen LogP contribution >= 0.6 is 0 Å². The van der Waals surface area contributed by atoms with Gasteiger partial charge in [0.25, 0.3) is 0 Å². The number of nitrogens with two attached hydrogens (primary N) is 1. The van der Waals surface area contributed by atoms with Crippen molar-refractivity contribution in [3.8, 4) is 0 Å². The lowest BCUT2D eigenvalue weighted by Gasteiger charge is -2.23. The molecule has 0 fully saturated rings. The van der Waals surface area contributed by atoms with Crippen LogP contribution in [0.25, 0.3) is 0 Å². The van der Waals surface area contributed by atoms with E-state index in [1.165, 1.54) is 0 Å². The minimum Gasteiger partial charge on any atom is -0.351 e. The van der Waals surface area contributed by atoms with Crippen molar-refractivity contribution in [1.29, 1.82) is 0 Å². The molecular formula is C12H16N2O. The SMILES string of the molecule is C=CCNC(=O)C(C)(N)c1ccccc1. The van der Waals surface area contributed by atoms with Crippen molar-refractivity contribution in [3.05, 3.63) is 48.6 Å². The van der Waals surface area contributed by atoms with E-state index in [1.807, 2.05) is 30.3 Å². The molecule has 0 saturated carbocycles. The Labute approximate surface area is 90.0 Å². The van der Waals surface area contributed by atoms with Gasteiger partial charge in [-0.2, -0.15) is 0 Å². The molecule has 80 valence electrons. The topological polar surface area (TPSA) is 55.1 Å². The van der Waals surface area contributed by atoms with E-state index in [1.54, 1.807) is 13.0 Å². The lowest BCUT2D eigenvalue weighted by Crippen LogP contribution is -2.49. The molecule has 0 radical (unpaired) electrons. The number of hydrogen-bond acceptors (Lipinski definition) is 2. The zero-order valence-corrected chi connectivity index (χ0v) is 8.86. The van der Waals surface area contributed by atoms with Gasteiger partial charge in [0, 0.05) is 6.54 Å². The Morgan fingerprint density at radius 1 is 1.53 bits per heavy atom. The zero-order chi connectivity index (χ0) is 11.3. The van der Waals surface area contributed by atoms with Crippen LogP contribution in [0.3, 0.4) is 0 Å². The minimum atomic E-state index is -0.996. The summed E-state index contributed by atoms with van der Waals surface area (Å²) in [6.07, 6.45) is 1.62. The van der Waals surface area contributed by atoms with Crippen molar-refractivity contribution in [1.82, 2.24) is 5.32 Å². The van der Waals surface area contributed by atoms with E-state index in [0.717, 1.165) is 5.56 Å². The third kappa shape index (κ3) is 2.67. The van der Waals surface area contributed by atoms with Gasteiger partial charge in [0.15, 0.2) is 0 Å². The van der Waals surface area contributed by atoms with E-state index in [4.69, 9.17) is 5.73 Å². The van der Waals surface area contributed by atoms with Gasteiger partial charge in [-0.05, 0) is 12.5 Å². The van der Waals surface area contributed by atoms with Crippen LogP contribution in [0, 0.1) is 0 Å². The number of amides is 1. The van der Waals surface area contributed by atoms with Crippen LogP contribution in [-0.4, -0.2) is 12.5 Å². The van der Waals surface area contributed by atoms with Gasteiger partial charge in [0.2, 0.25) is 5.91 Å². The van der Waals surface area contributed by atoms with Gasteiger partial charge in [-0.15, -0.1) is 6.58 Å². The van der Waals surface area contributed by atoms with Crippen molar-refractivity contribution in [2.75, 3.05) is 6.54 Å². The maximum atomic E-state index is 11.7. The van der Waals surface area contributed by atoms with Crippen molar-refractivity contribution in [2.24, 2.45) is 5.73 Å². The molecule has 1 amide bonds. The molecule has 3 heteroatoms. The molecule has 15 heavy (non-hydrogen) atoms. The van der Waals surface area contributed by atoms with E-state index in [9.17, 15) is 4.79 Å². The lowest BCUT2D eigenvalue weighted by atomic mass is 9.92. The first-order valence-corrected chi connectivity index (χ1v) is 4.82. The molecule has 0 aliphatic rings. The second-order valence-corrected chi connectivity index (χ2v) is 3.57. The molecule has 1 rings (SSSR count). The Bertz CT molecular complexity index is 344. The van der Waals surface area contributed by atoms with Crippen LogP contribution < -0.4 is 11.1 Å². The van der Waals surface area contributed by atoms with Crippen LogP contribution in [-0.2, 0) is 10.3 Å². The second kappa shape index (κ2) is 4.75. The summed E-state index contributed by atoms with van der Waals surface area (Å²) >= 11 is 0. The first-order chi connectivity index (χ1) is 7.09. The molecular weight excluding hydrogens is 188 g/mol. The van der Waals surface area contributed by atoms with Crippen LogP contribution in [0.15, 0.2) is 43.0 Å². The molecule has 1 unspecified atom stereocenters. The highest BCUT2D eigenvalue weighted by molar-refractivity contribution is 5.87. The number of carbonyl (C=O) groups excluding carboxylic acids is 1. The summed E-state index contributed by atoms with van der Waals surface area (Å²) in [6, 6.07) is 9.30. The molecule has 0 saturated heterocycles. The normalized spacial score (nSPS) is 14.0. The molecule has 1 aromatic carbocycles. The van der Waals surface area contributed by atoms with E-state index in [-0.39, 0.29) is 5.91 Å². The van der Waals surface area contributed by atoms with Crippen LogP contribution in [0.4, 0.5) is 0 Å². The fourth-order valence-electron chi connectivity index (χ4n) is 1.26. The van der Waals surface area contributed by atoms with Crippen molar-refractivity contribution < 1.29 is 4.79 Å². The maximum Gasteiger partial charge on any atom is 0.244 e. The standard InChI is InChI=1S/C12H16N2O/c1-3-9-14-11(15)12(2,13)10-7-5-4-6-8-10/h3-8H,1,9,13H2,2H3,(H,14,15). The predicted molar refractivity (Wildman–Crippen MR) is 61.2 cm³/mol. The third-order valence-corrected chi connectivity index (χ3v) is 2.25. The molecule has 0 aliphatic carbocycles. The molecule has 3 N–H and O–H groups in total. The smallest absolute Gasteiger partial charge is 0.244 e. The Balaban J connectivity index is 2.82. The fourth-order valence-corrected chi connectivity index (χ4v) is 1.26. The Hall–Kier alpha value is -1.61. The molecule has 0 aliphatic heterocycles. The Morgan fingerprint density at radius 3 is 2.67 bits per heavy atom. The summed E-state index contributed by atoms with van der Waals surface area (Å²) in [4.78, 5) is 11.7. The van der Waals surface area contributed by atoms with E-state index < -0.39 is 5.54 Å². The van der Waals surface area contributed by atoms with Gasteiger partial charge >= 0.3 is 0 Å². The first-order valence-electron chi connectivity index (χ1n) is 4.82.